The number of carbonyl (C=O) groups excluding carboxylic acids is 1. The number of likely N-dealkylation sites (tertiary alicyclic amines) is 1. The van der Waals surface area contributed by atoms with Crippen molar-refractivity contribution in [1.29, 1.82) is 0 Å². The number of methoxy groups -OCH3 is 1. The fraction of sp³-hybridized carbons (Fsp3) is 0.276. The lowest BCUT2D eigenvalue weighted by Gasteiger charge is -2.15. The zero-order valence-corrected chi connectivity index (χ0v) is 20.5. The Morgan fingerprint density at radius 2 is 1.65 bits per heavy atom. The van der Waals surface area contributed by atoms with Gasteiger partial charge in [0.1, 0.15) is 18.1 Å². The van der Waals surface area contributed by atoms with Crippen molar-refractivity contribution in [3.63, 3.8) is 0 Å². The Morgan fingerprint density at radius 3 is 2.35 bits per heavy atom. The fourth-order valence-electron chi connectivity index (χ4n) is 4.48. The number of fused-ring (bicyclic) bond motifs is 1. The van der Waals surface area contributed by atoms with Crippen molar-refractivity contribution < 1.29 is 14.3 Å². The molecule has 1 aromatic heterocycles. The van der Waals surface area contributed by atoms with Crippen LogP contribution in [0, 0.1) is 6.92 Å². The molecule has 1 aliphatic rings. The summed E-state index contributed by atoms with van der Waals surface area (Å²) >= 11 is 1.62. The highest BCUT2D eigenvalue weighted by atomic mass is 32.1. The highest BCUT2D eigenvalue weighted by Crippen LogP contribution is 2.41. The van der Waals surface area contributed by atoms with Gasteiger partial charge in [-0.25, -0.2) is 0 Å². The second-order valence-electron chi connectivity index (χ2n) is 8.79. The first-order valence-corrected chi connectivity index (χ1v) is 12.6. The molecule has 0 saturated carbocycles. The molecule has 1 fully saturated rings. The number of nitrogens with zero attached hydrogens (tertiary/aromatic N) is 1. The Morgan fingerprint density at radius 1 is 0.941 bits per heavy atom. The number of ether oxygens (including phenoxy) is 2. The summed E-state index contributed by atoms with van der Waals surface area (Å²) in [7, 11) is 1.66. The average molecular weight is 472 g/mol. The van der Waals surface area contributed by atoms with E-state index >= 15 is 0 Å². The molecule has 0 unspecified atom stereocenters. The van der Waals surface area contributed by atoms with E-state index in [1.807, 2.05) is 61.5 Å². The number of hydrogen-bond acceptors (Lipinski definition) is 5. The highest BCUT2D eigenvalue weighted by molar-refractivity contribution is 7.22. The van der Waals surface area contributed by atoms with Crippen LogP contribution in [0.4, 0.5) is 0 Å². The summed E-state index contributed by atoms with van der Waals surface area (Å²) in [6.45, 7) is 6.04. The van der Waals surface area contributed by atoms with Crippen molar-refractivity contribution >= 4 is 27.2 Å². The van der Waals surface area contributed by atoms with Crippen LogP contribution in [-0.2, 0) is 0 Å². The van der Waals surface area contributed by atoms with E-state index in [1.54, 1.807) is 18.4 Å². The summed E-state index contributed by atoms with van der Waals surface area (Å²) in [6.07, 6.45) is 2.58. The molecule has 0 amide bonds. The quantitative estimate of drug-likeness (QED) is 0.272. The van der Waals surface area contributed by atoms with E-state index in [4.69, 9.17) is 9.47 Å². The van der Waals surface area contributed by atoms with E-state index in [2.05, 4.69) is 17.0 Å². The lowest BCUT2D eigenvalue weighted by Crippen LogP contribution is -2.25. The van der Waals surface area contributed by atoms with Crippen molar-refractivity contribution in [2.24, 2.45) is 0 Å². The smallest absolute Gasteiger partial charge is 0.195 e. The Labute approximate surface area is 204 Å². The van der Waals surface area contributed by atoms with Crippen LogP contribution >= 0.6 is 11.3 Å². The topological polar surface area (TPSA) is 38.8 Å². The van der Waals surface area contributed by atoms with Crippen molar-refractivity contribution in [1.82, 2.24) is 4.90 Å². The number of thiophene rings is 1. The monoisotopic (exact) mass is 471 g/mol. The number of benzene rings is 3. The Hall–Kier alpha value is -3.15. The number of ketones is 1. The number of aryl methyl sites for hydroxylation is 1. The van der Waals surface area contributed by atoms with Gasteiger partial charge in [0.2, 0.25) is 0 Å². The lowest BCUT2D eigenvalue weighted by atomic mass is 9.97. The normalized spacial score (nSPS) is 13.9. The maximum absolute atomic E-state index is 13.7. The second-order valence-corrected chi connectivity index (χ2v) is 9.84. The largest absolute Gasteiger partial charge is 0.497 e. The molecule has 0 aliphatic carbocycles. The van der Waals surface area contributed by atoms with Gasteiger partial charge in [0, 0.05) is 32.6 Å². The fourth-order valence-corrected chi connectivity index (χ4v) is 5.72. The average Bonchev–Trinajstić information content (AvgIpc) is 3.52. The van der Waals surface area contributed by atoms with Crippen LogP contribution < -0.4 is 9.47 Å². The minimum absolute atomic E-state index is 0.0392. The van der Waals surface area contributed by atoms with Crippen LogP contribution in [0.3, 0.4) is 0 Å². The van der Waals surface area contributed by atoms with E-state index in [-0.39, 0.29) is 5.78 Å². The van der Waals surface area contributed by atoms with E-state index < -0.39 is 0 Å². The molecule has 5 heteroatoms. The molecule has 5 rings (SSSR count). The van der Waals surface area contributed by atoms with Crippen LogP contribution in [0.1, 0.15) is 34.3 Å². The summed E-state index contributed by atoms with van der Waals surface area (Å²) < 4.78 is 12.4. The second kappa shape index (κ2) is 10.00. The van der Waals surface area contributed by atoms with Crippen molar-refractivity contribution in [2.45, 2.75) is 19.8 Å². The van der Waals surface area contributed by atoms with Gasteiger partial charge < -0.3 is 9.47 Å². The van der Waals surface area contributed by atoms with Crippen molar-refractivity contribution in [3.05, 3.63) is 83.4 Å². The van der Waals surface area contributed by atoms with Crippen LogP contribution in [0.15, 0.2) is 66.7 Å². The predicted octanol–water partition coefficient (Wildman–Crippen LogP) is 6.59. The molecule has 1 saturated heterocycles. The molecule has 4 aromatic rings. The zero-order valence-electron chi connectivity index (χ0n) is 19.7. The molecule has 34 heavy (non-hydrogen) atoms. The molecule has 4 nitrogen and oxygen atoms in total. The molecular formula is C29H29NO3S. The molecule has 0 radical (unpaired) electrons. The summed E-state index contributed by atoms with van der Waals surface area (Å²) in [4.78, 5) is 17.1. The predicted molar refractivity (Wildman–Crippen MR) is 140 cm³/mol. The van der Waals surface area contributed by atoms with Gasteiger partial charge in [0.05, 0.1) is 7.11 Å². The van der Waals surface area contributed by atoms with E-state index in [9.17, 15) is 4.79 Å². The van der Waals surface area contributed by atoms with Gasteiger partial charge >= 0.3 is 0 Å². The summed E-state index contributed by atoms with van der Waals surface area (Å²) in [5, 5.41) is 0.956. The van der Waals surface area contributed by atoms with Gasteiger partial charge in [-0.2, -0.15) is 0 Å². The summed E-state index contributed by atoms with van der Waals surface area (Å²) in [6, 6.07) is 21.8. The molecule has 0 bridgehead atoms. The van der Waals surface area contributed by atoms with E-state index in [0.717, 1.165) is 49.7 Å². The first kappa shape index (κ1) is 22.6. The third-order valence-corrected chi connectivity index (χ3v) is 7.63. The summed E-state index contributed by atoms with van der Waals surface area (Å²) in [5.74, 6) is 1.69. The molecular weight excluding hydrogens is 442 g/mol. The van der Waals surface area contributed by atoms with Gasteiger partial charge in [-0.15, -0.1) is 11.3 Å². The summed E-state index contributed by atoms with van der Waals surface area (Å²) in [5.41, 5.74) is 3.60. The van der Waals surface area contributed by atoms with Gasteiger partial charge in [-0.05, 0) is 80.9 Å². The molecule has 174 valence electrons. The number of carbonyl (C=O) groups is 1. The maximum Gasteiger partial charge on any atom is 0.195 e. The van der Waals surface area contributed by atoms with Crippen LogP contribution in [0.2, 0.25) is 0 Å². The first-order chi connectivity index (χ1) is 16.6. The minimum atomic E-state index is 0.0392. The third-order valence-electron chi connectivity index (χ3n) is 6.43. The van der Waals surface area contributed by atoms with Crippen LogP contribution in [0.25, 0.3) is 20.5 Å². The molecule has 2 heterocycles. The first-order valence-electron chi connectivity index (χ1n) is 11.8. The van der Waals surface area contributed by atoms with E-state index in [0.29, 0.717) is 12.2 Å². The number of rotatable bonds is 8. The Kier molecular flexibility index (Phi) is 6.66. The van der Waals surface area contributed by atoms with Crippen LogP contribution in [0.5, 0.6) is 11.5 Å². The minimum Gasteiger partial charge on any atom is -0.497 e. The van der Waals surface area contributed by atoms with Gasteiger partial charge in [0.15, 0.2) is 5.78 Å². The maximum atomic E-state index is 13.7. The molecule has 3 aromatic carbocycles. The number of hydrogen-bond donors (Lipinski definition) is 0. The molecule has 1 aliphatic heterocycles. The molecule has 0 spiro atoms. The SMILES string of the molecule is COc1ccc2c(C(=O)c3ccc(C)cc3)c(-c3ccc(OCCN4CCCC4)cc3)sc2c1. The standard InChI is InChI=1S/C29H29NO3S/c1-20-5-7-21(8-6-20)28(31)27-25-14-13-24(32-2)19-26(25)34-29(27)22-9-11-23(12-10-22)33-18-17-30-15-3-4-16-30/h5-14,19H,3-4,15-18H2,1-2H3. The van der Waals surface area contributed by atoms with E-state index in [1.165, 1.54) is 25.9 Å². The van der Waals surface area contributed by atoms with Crippen molar-refractivity contribution in [2.75, 3.05) is 33.4 Å². The van der Waals surface area contributed by atoms with Gasteiger partial charge in [-0.3, -0.25) is 9.69 Å². The Balaban J connectivity index is 1.46. The van der Waals surface area contributed by atoms with Crippen molar-refractivity contribution in [3.8, 4) is 21.9 Å². The Bertz CT molecular complexity index is 1290. The van der Waals surface area contributed by atoms with Gasteiger partial charge in [0.25, 0.3) is 0 Å². The lowest BCUT2D eigenvalue weighted by molar-refractivity contribution is 0.104. The van der Waals surface area contributed by atoms with Gasteiger partial charge in [-0.1, -0.05) is 29.8 Å². The molecule has 0 atom stereocenters. The zero-order chi connectivity index (χ0) is 23.5. The third kappa shape index (κ3) is 4.72. The highest BCUT2D eigenvalue weighted by Gasteiger charge is 2.22. The molecule has 0 N–H and O–H groups in total. The van der Waals surface area contributed by atoms with Crippen LogP contribution in [-0.4, -0.2) is 44.0 Å².